The number of fused-ring (bicyclic) bond motifs is 1. The number of nitrogens with one attached hydrogen (secondary N) is 1. The van der Waals surface area contributed by atoms with Crippen molar-refractivity contribution in [3.05, 3.63) is 33.9 Å². The van der Waals surface area contributed by atoms with Crippen molar-refractivity contribution in [3.63, 3.8) is 0 Å². The third-order valence-corrected chi connectivity index (χ3v) is 10.9. The van der Waals surface area contributed by atoms with Crippen molar-refractivity contribution in [2.24, 2.45) is 0 Å². The van der Waals surface area contributed by atoms with Crippen LogP contribution in [-0.2, 0) is 36.2 Å². The smallest absolute Gasteiger partial charge is 0.342 e. The summed E-state index contributed by atoms with van der Waals surface area (Å²) in [5, 5.41) is 2.78. The second kappa shape index (κ2) is 14.5. The Morgan fingerprint density at radius 3 is 2.33 bits per heavy atom. The molecule has 1 aromatic rings. The van der Waals surface area contributed by atoms with Crippen molar-refractivity contribution >= 4 is 27.5 Å². The number of carbonyl (C=O) groups is 2. The van der Waals surface area contributed by atoms with E-state index in [-0.39, 0.29) is 32.1 Å². The summed E-state index contributed by atoms with van der Waals surface area (Å²) in [4.78, 5) is 25.4. The van der Waals surface area contributed by atoms with E-state index in [0.717, 1.165) is 17.2 Å². The Hall–Kier alpha value is -2.13. The fourth-order valence-corrected chi connectivity index (χ4v) is 7.43. The van der Waals surface area contributed by atoms with E-state index in [1.807, 2.05) is 26.8 Å². The molecule has 1 aliphatic heterocycles. The van der Waals surface area contributed by atoms with Gasteiger partial charge in [0.25, 0.3) is 0 Å². The van der Waals surface area contributed by atoms with Crippen LogP contribution in [0.15, 0.2) is 11.6 Å². The topological polar surface area (TPSA) is 109 Å². The Kier molecular flexibility index (Phi) is 12.3. The molecule has 1 unspecified atom stereocenters. The molecule has 1 heterocycles. The van der Waals surface area contributed by atoms with E-state index in [4.69, 9.17) is 23.3 Å². The zero-order valence-electron chi connectivity index (χ0n) is 25.0. The Balaban J connectivity index is 2.60. The maximum Gasteiger partial charge on any atom is 0.342 e. The van der Waals surface area contributed by atoms with Gasteiger partial charge in [0.2, 0.25) is 5.91 Å². The molecule has 9 nitrogen and oxygen atoms in total. The quantitative estimate of drug-likeness (QED) is 0.109. The van der Waals surface area contributed by atoms with Crippen LogP contribution in [0.5, 0.6) is 11.5 Å². The zero-order valence-corrected chi connectivity index (χ0v) is 26.9. The molecule has 0 saturated carbocycles. The van der Waals surface area contributed by atoms with Crippen LogP contribution in [0, 0.1) is 6.92 Å². The van der Waals surface area contributed by atoms with Crippen molar-refractivity contribution in [1.29, 1.82) is 0 Å². The summed E-state index contributed by atoms with van der Waals surface area (Å²) in [5.41, 5.74) is 2.66. The van der Waals surface area contributed by atoms with E-state index in [9.17, 15) is 14.2 Å². The third-order valence-electron chi connectivity index (χ3n) is 6.63. The highest BCUT2D eigenvalue weighted by atomic mass is 31.2. The molecule has 1 aliphatic rings. The number of benzene rings is 1. The maximum atomic E-state index is 13.8. The maximum absolute atomic E-state index is 13.8. The molecule has 0 fully saturated rings. The first-order valence-electron chi connectivity index (χ1n) is 13.7. The van der Waals surface area contributed by atoms with E-state index in [1.165, 1.54) is 0 Å². The van der Waals surface area contributed by atoms with Gasteiger partial charge in [-0.05, 0) is 52.6 Å². The number of carbonyl (C=O) groups excluding carboxylic acids is 2. The molecule has 1 atom stereocenters. The number of hydrogen-bond donors (Lipinski definition) is 1. The van der Waals surface area contributed by atoms with Crippen LogP contribution in [0.1, 0.15) is 61.2 Å². The van der Waals surface area contributed by atoms with Crippen LogP contribution in [-0.4, -0.2) is 59.1 Å². The van der Waals surface area contributed by atoms with Crippen molar-refractivity contribution in [2.75, 3.05) is 33.5 Å². The normalized spacial score (nSPS) is 14.6. The Morgan fingerprint density at radius 2 is 1.79 bits per heavy atom. The van der Waals surface area contributed by atoms with Gasteiger partial charge in [-0.25, -0.2) is 4.79 Å². The van der Waals surface area contributed by atoms with Gasteiger partial charge in [-0.1, -0.05) is 31.3 Å². The Labute approximate surface area is 234 Å². The minimum absolute atomic E-state index is 0.0420. The van der Waals surface area contributed by atoms with Crippen LogP contribution >= 0.6 is 7.60 Å². The molecule has 2 rings (SSSR count). The van der Waals surface area contributed by atoms with Crippen molar-refractivity contribution in [1.82, 2.24) is 5.32 Å². The summed E-state index contributed by atoms with van der Waals surface area (Å²) in [6.45, 7) is 17.3. The van der Waals surface area contributed by atoms with Crippen molar-refractivity contribution in [3.8, 4) is 11.5 Å². The zero-order chi connectivity index (χ0) is 29.4. The van der Waals surface area contributed by atoms with Gasteiger partial charge >= 0.3 is 13.6 Å². The molecule has 1 N–H and O–H groups in total. The van der Waals surface area contributed by atoms with Crippen molar-refractivity contribution in [2.45, 2.75) is 85.4 Å². The Morgan fingerprint density at radius 1 is 1.15 bits per heavy atom. The van der Waals surface area contributed by atoms with E-state index in [0.29, 0.717) is 47.8 Å². The van der Waals surface area contributed by atoms with Gasteiger partial charge in [-0.2, -0.15) is 0 Å². The molecule has 11 heteroatoms. The molecule has 0 bridgehead atoms. The number of rotatable bonds is 16. The molecular weight excluding hydrogens is 537 g/mol. The van der Waals surface area contributed by atoms with Gasteiger partial charge in [0.15, 0.2) is 0 Å². The third kappa shape index (κ3) is 8.43. The van der Waals surface area contributed by atoms with Gasteiger partial charge in [0.1, 0.15) is 23.7 Å². The minimum atomic E-state index is -3.65. The van der Waals surface area contributed by atoms with Crippen molar-refractivity contribution < 1.29 is 37.4 Å². The predicted octanol–water partition coefficient (Wildman–Crippen LogP) is 6.04. The number of hydrogen-bond acceptors (Lipinski definition) is 8. The Bertz CT molecular complexity index is 1100. The second-order valence-corrected chi connectivity index (χ2v) is 18.6. The van der Waals surface area contributed by atoms with E-state index < -0.39 is 27.3 Å². The first kappa shape index (κ1) is 33.1. The summed E-state index contributed by atoms with van der Waals surface area (Å²) < 4.78 is 42.6. The number of ether oxygens (including phenoxy) is 3. The lowest BCUT2D eigenvalue weighted by molar-refractivity contribution is -0.121. The first-order valence-corrected chi connectivity index (χ1v) is 19.0. The highest BCUT2D eigenvalue weighted by molar-refractivity contribution is 7.55. The fourth-order valence-electron chi connectivity index (χ4n) is 4.57. The van der Waals surface area contributed by atoms with Crippen LogP contribution in [0.25, 0.3) is 0 Å². The highest BCUT2D eigenvalue weighted by Gasteiger charge is 2.39. The largest absolute Gasteiger partial charge is 0.496 e. The van der Waals surface area contributed by atoms with Crippen LogP contribution in [0.2, 0.25) is 25.7 Å². The molecule has 0 aromatic heterocycles. The molecule has 1 aromatic carbocycles. The molecule has 0 spiro atoms. The summed E-state index contributed by atoms with van der Waals surface area (Å²) in [5.74, 6) is 0.443. The summed E-state index contributed by atoms with van der Waals surface area (Å²) in [6, 6.07) is 0.918. The van der Waals surface area contributed by atoms with Crippen LogP contribution in [0.3, 0.4) is 0 Å². The lowest BCUT2D eigenvalue weighted by Gasteiger charge is -2.27. The predicted molar refractivity (Wildman–Crippen MR) is 156 cm³/mol. The van der Waals surface area contributed by atoms with Gasteiger partial charge in [-0.15, -0.1) is 0 Å². The monoisotopic (exact) mass is 583 g/mol. The van der Waals surface area contributed by atoms with Crippen LogP contribution in [0.4, 0.5) is 0 Å². The SMILES string of the molecule is CCNC(=O)CC(C(C)=CCc1c(OC)c(C)c2c(c1OCC[Si](C)(C)C)C(=O)OC2)P(=O)(OCC)OCC. The summed E-state index contributed by atoms with van der Waals surface area (Å²) >= 11 is 0. The van der Waals surface area contributed by atoms with E-state index in [1.54, 1.807) is 21.0 Å². The van der Waals surface area contributed by atoms with Gasteiger partial charge < -0.3 is 28.6 Å². The second-order valence-electron chi connectivity index (χ2n) is 10.8. The molecule has 0 saturated heterocycles. The van der Waals surface area contributed by atoms with E-state index in [2.05, 4.69) is 25.0 Å². The van der Waals surface area contributed by atoms with Gasteiger partial charge in [0.05, 0.1) is 32.6 Å². The summed E-state index contributed by atoms with van der Waals surface area (Å²) in [7, 11) is -3.45. The molecule has 39 heavy (non-hydrogen) atoms. The lowest BCUT2D eigenvalue weighted by atomic mass is 9.94. The summed E-state index contributed by atoms with van der Waals surface area (Å²) in [6.07, 6.45) is 2.17. The lowest BCUT2D eigenvalue weighted by Crippen LogP contribution is -2.28. The first-order chi connectivity index (χ1) is 18.3. The number of esters is 1. The molecule has 0 radical (unpaired) electrons. The average molecular weight is 584 g/mol. The standard InChI is InChI=1S/C28H46NO8PSi/c1-10-29-24(30)17-23(38(32,36-11-2)37-12-3)19(4)13-14-21-26(33-6)20(5)22-18-35-28(31)25(22)27(21)34-15-16-39(7,8)9/h13,23H,10-12,14-18H2,1-9H3,(H,29,30). The number of cyclic esters (lactones) is 1. The number of allylic oxidation sites excluding steroid dienone is 2. The molecular formula is C28H46NO8PSi. The van der Waals surface area contributed by atoms with Gasteiger partial charge in [-0.3, -0.25) is 9.36 Å². The number of amides is 1. The molecule has 220 valence electrons. The highest BCUT2D eigenvalue weighted by Crippen LogP contribution is 2.56. The fraction of sp³-hybridized carbons (Fsp3) is 0.643. The van der Waals surface area contributed by atoms with Crippen LogP contribution < -0.4 is 14.8 Å². The average Bonchev–Trinajstić information content (AvgIpc) is 3.24. The number of methoxy groups -OCH3 is 1. The van der Waals surface area contributed by atoms with E-state index >= 15 is 0 Å². The molecule has 1 amide bonds. The van der Waals surface area contributed by atoms with Gasteiger partial charge in [0, 0.05) is 32.2 Å². The minimum Gasteiger partial charge on any atom is -0.496 e. The molecule has 0 aliphatic carbocycles.